The fourth-order valence-electron chi connectivity index (χ4n) is 1.52. The minimum atomic E-state index is 0.618. The molecule has 1 nitrogen and oxygen atoms in total. The molecule has 0 heterocycles. The summed E-state index contributed by atoms with van der Waals surface area (Å²) in [6.07, 6.45) is 0. The Morgan fingerprint density at radius 2 is 1.94 bits per heavy atom. The van der Waals surface area contributed by atoms with E-state index in [1.807, 2.05) is 43.3 Å². The first-order valence-corrected chi connectivity index (χ1v) is 7.68. The Hall–Kier alpha value is -0.510. The van der Waals surface area contributed by atoms with Crippen molar-refractivity contribution in [3.8, 4) is 11.5 Å². The van der Waals surface area contributed by atoms with E-state index < -0.39 is 0 Å². The Morgan fingerprint density at radius 1 is 1.17 bits per heavy atom. The first-order chi connectivity index (χ1) is 8.60. The first kappa shape index (κ1) is 13.9. The van der Waals surface area contributed by atoms with Gasteiger partial charge in [-0.3, -0.25) is 0 Å². The fraction of sp³-hybridized carbons (Fsp3) is 0.143. The molecule has 4 heteroatoms. The third-order valence-electron chi connectivity index (χ3n) is 2.51. The molecule has 0 aliphatic rings. The van der Waals surface area contributed by atoms with Crippen molar-refractivity contribution < 1.29 is 4.74 Å². The molecule has 0 atom stereocenters. The van der Waals surface area contributed by atoms with Crippen molar-refractivity contribution in [2.75, 3.05) is 0 Å². The largest absolute Gasteiger partial charge is 0.456 e. The van der Waals surface area contributed by atoms with Crippen LogP contribution in [-0.4, -0.2) is 0 Å². The van der Waals surface area contributed by atoms with E-state index >= 15 is 0 Å². The summed E-state index contributed by atoms with van der Waals surface area (Å²) in [6.45, 7) is 2.02. The van der Waals surface area contributed by atoms with Crippen LogP contribution in [0.3, 0.4) is 0 Å². The average molecular weight is 391 g/mol. The minimum absolute atomic E-state index is 0.618. The molecule has 0 bridgehead atoms. The van der Waals surface area contributed by atoms with Gasteiger partial charge in [-0.1, -0.05) is 49.5 Å². The number of ether oxygens (including phenoxy) is 1. The second-order valence-electron chi connectivity index (χ2n) is 3.91. The van der Waals surface area contributed by atoms with Crippen LogP contribution in [0.1, 0.15) is 11.1 Å². The highest BCUT2D eigenvalue weighted by molar-refractivity contribution is 9.10. The summed E-state index contributed by atoms with van der Waals surface area (Å²) < 4.78 is 6.84. The van der Waals surface area contributed by atoms with Gasteiger partial charge in [0.2, 0.25) is 0 Å². The quantitative estimate of drug-likeness (QED) is 0.576. The summed E-state index contributed by atoms with van der Waals surface area (Å²) in [5.74, 6) is 1.45. The summed E-state index contributed by atoms with van der Waals surface area (Å²) >= 11 is 13.0. The molecule has 0 unspecified atom stereocenters. The fourth-order valence-corrected chi connectivity index (χ4v) is 2.35. The van der Waals surface area contributed by atoms with Gasteiger partial charge in [0.25, 0.3) is 0 Å². The van der Waals surface area contributed by atoms with Gasteiger partial charge in [-0.05, 0) is 48.4 Å². The van der Waals surface area contributed by atoms with Crippen LogP contribution in [0.15, 0.2) is 40.9 Å². The smallest absolute Gasteiger partial charge is 0.146 e. The van der Waals surface area contributed by atoms with Gasteiger partial charge in [0.1, 0.15) is 11.5 Å². The number of rotatable bonds is 3. The van der Waals surface area contributed by atoms with Gasteiger partial charge >= 0.3 is 0 Å². The lowest BCUT2D eigenvalue weighted by atomic mass is 10.2. The molecule has 2 aromatic carbocycles. The van der Waals surface area contributed by atoms with Gasteiger partial charge in [0, 0.05) is 9.80 Å². The summed E-state index contributed by atoms with van der Waals surface area (Å²) in [7, 11) is 0. The van der Waals surface area contributed by atoms with Gasteiger partial charge in [0.05, 0.1) is 5.02 Å². The standard InChI is InChI=1S/C14H11Br2ClO/c1-9-6-11(3-4-12(9)16)18-14-5-2-10(8-15)7-13(14)17/h2-7H,8H2,1H3. The lowest BCUT2D eigenvalue weighted by molar-refractivity contribution is 0.482. The maximum atomic E-state index is 6.17. The number of hydrogen-bond donors (Lipinski definition) is 0. The third-order valence-corrected chi connectivity index (χ3v) is 4.34. The Balaban J connectivity index is 2.25. The zero-order valence-electron chi connectivity index (χ0n) is 9.71. The van der Waals surface area contributed by atoms with Crippen molar-refractivity contribution in [1.29, 1.82) is 0 Å². The van der Waals surface area contributed by atoms with Crippen LogP contribution >= 0.6 is 43.5 Å². The van der Waals surface area contributed by atoms with E-state index in [9.17, 15) is 0 Å². The van der Waals surface area contributed by atoms with Gasteiger partial charge < -0.3 is 4.74 Å². The van der Waals surface area contributed by atoms with Crippen LogP contribution in [0.5, 0.6) is 11.5 Å². The highest BCUT2D eigenvalue weighted by atomic mass is 79.9. The third kappa shape index (κ3) is 3.28. The Labute approximate surface area is 128 Å². The first-order valence-electron chi connectivity index (χ1n) is 5.38. The SMILES string of the molecule is Cc1cc(Oc2ccc(CBr)cc2Cl)ccc1Br. The van der Waals surface area contributed by atoms with Crippen molar-refractivity contribution in [2.45, 2.75) is 12.3 Å². The van der Waals surface area contributed by atoms with Crippen LogP contribution in [-0.2, 0) is 5.33 Å². The Bertz CT molecular complexity index is 570. The van der Waals surface area contributed by atoms with Gasteiger partial charge in [-0.2, -0.15) is 0 Å². The summed E-state index contributed by atoms with van der Waals surface area (Å²) in [5.41, 5.74) is 2.25. The molecule has 94 valence electrons. The Morgan fingerprint density at radius 3 is 2.56 bits per heavy atom. The number of halogens is 3. The monoisotopic (exact) mass is 388 g/mol. The van der Waals surface area contributed by atoms with Crippen molar-refractivity contribution in [3.63, 3.8) is 0 Å². The molecule has 0 aliphatic heterocycles. The number of aryl methyl sites for hydroxylation is 1. The summed E-state index contributed by atoms with van der Waals surface area (Å²) in [4.78, 5) is 0. The zero-order valence-corrected chi connectivity index (χ0v) is 13.6. The Kier molecular flexibility index (Phi) is 4.71. The number of hydrogen-bond acceptors (Lipinski definition) is 1. The van der Waals surface area contributed by atoms with Crippen molar-refractivity contribution in [3.05, 3.63) is 57.0 Å². The molecule has 0 N–H and O–H groups in total. The molecule has 0 spiro atoms. The van der Waals surface area contributed by atoms with E-state index in [1.165, 1.54) is 0 Å². The van der Waals surface area contributed by atoms with Gasteiger partial charge in [-0.15, -0.1) is 0 Å². The predicted molar refractivity (Wildman–Crippen MR) is 83.0 cm³/mol. The second-order valence-corrected chi connectivity index (χ2v) is 5.73. The maximum absolute atomic E-state index is 6.17. The van der Waals surface area contributed by atoms with Gasteiger partial charge in [-0.25, -0.2) is 0 Å². The van der Waals surface area contributed by atoms with Crippen LogP contribution in [0.2, 0.25) is 5.02 Å². The molecule has 0 saturated carbocycles. The normalized spacial score (nSPS) is 10.4. The zero-order chi connectivity index (χ0) is 13.1. The van der Waals surface area contributed by atoms with Crippen molar-refractivity contribution in [2.24, 2.45) is 0 Å². The van der Waals surface area contributed by atoms with Gasteiger partial charge in [0.15, 0.2) is 0 Å². The van der Waals surface area contributed by atoms with Crippen molar-refractivity contribution >= 4 is 43.5 Å². The highest BCUT2D eigenvalue weighted by Gasteiger charge is 2.05. The molecule has 18 heavy (non-hydrogen) atoms. The second kappa shape index (κ2) is 6.09. The molecule has 2 rings (SSSR count). The number of alkyl halides is 1. The lowest BCUT2D eigenvalue weighted by Crippen LogP contribution is -1.88. The van der Waals surface area contributed by atoms with Crippen LogP contribution < -0.4 is 4.74 Å². The van der Waals surface area contributed by atoms with E-state index in [4.69, 9.17) is 16.3 Å². The minimum Gasteiger partial charge on any atom is -0.456 e. The molecular formula is C14H11Br2ClO. The topological polar surface area (TPSA) is 9.23 Å². The average Bonchev–Trinajstić information content (AvgIpc) is 2.36. The van der Waals surface area contributed by atoms with E-state index in [1.54, 1.807) is 0 Å². The predicted octanol–water partition coefficient (Wildman–Crippen LogP) is 6.10. The number of benzene rings is 2. The molecular weight excluding hydrogens is 379 g/mol. The molecule has 0 aromatic heterocycles. The van der Waals surface area contributed by atoms with Crippen LogP contribution in [0.25, 0.3) is 0 Å². The lowest BCUT2D eigenvalue weighted by Gasteiger charge is -2.09. The molecule has 0 fully saturated rings. The molecule has 0 aliphatic carbocycles. The van der Waals surface area contributed by atoms with E-state index in [0.717, 1.165) is 26.7 Å². The van der Waals surface area contributed by atoms with Crippen LogP contribution in [0.4, 0.5) is 0 Å². The van der Waals surface area contributed by atoms with Crippen LogP contribution in [0, 0.1) is 6.92 Å². The molecule has 0 saturated heterocycles. The van der Waals surface area contributed by atoms with E-state index in [-0.39, 0.29) is 0 Å². The molecule has 0 radical (unpaired) electrons. The highest BCUT2D eigenvalue weighted by Crippen LogP contribution is 2.32. The molecule has 0 amide bonds. The summed E-state index contributed by atoms with van der Waals surface area (Å²) in [5, 5.41) is 1.40. The maximum Gasteiger partial charge on any atom is 0.146 e. The molecule has 2 aromatic rings. The van der Waals surface area contributed by atoms with E-state index in [2.05, 4.69) is 31.9 Å². The summed E-state index contributed by atoms with van der Waals surface area (Å²) in [6, 6.07) is 11.6. The van der Waals surface area contributed by atoms with E-state index in [0.29, 0.717) is 10.8 Å². The van der Waals surface area contributed by atoms with Crippen molar-refractivity contribution in [1.82, 2.24) is 0 Å².